The van der Waals surface area contributed by atoms with Gasteiger partial charge in [-0.2, -0.15) is 9.78 Å². The van der Waals surface area contributed by atoms with E-state index < -0.39 is 11.0 Å². The molecule has 0 aliphatic carbocycles. The topological polar surface area (TPSA) is 108 Å². The van der Waals surface area contributed by atoms with Gasteiger partial charge in [0.2, 0.25) is 0 Å². The highest BCUT2D eigenvalue weighted by atomic mass is 19.1. The number of hydrogen-bond donors (Lipinski definition) is 1. The van der Waals surface area contributed by atoms with Gasteiger partial charge in [0, 0.05) is 6.20 Å². The number of carbonyl (C=O) groups is 1. The first-order valence-corrected chi connectivity index (χ1v) is 8.12. The zero-order valence-electron chi connectivity index (χ0n) is 14.7. The van der Waals surface area contributed by atoms with Crippen LogP contribution in [-0.2, 0) is 11.3 Å². The maximum absolute atomic E-state index is 12.9. The second-order valence-corrected chi connectivity index (χ2v) is 6.06. The summed E-state index contributed by atoms with van der Waals surface area (Å²) in [5, 5.41) is 21.5. The Labute approximate surface area is 153 Å². The van der Waals surface area contributed by atoms with E-state index in [0.717, 1.165) is 5.56 Å². The molecule has 0 aliphatic heterocycles. The molecule has 0 bridgehead atoms. The van der Waals surface area contributed by atoms with Crippen molar-refractivity contribution in [3.63, 3.8) is 0 Å². The fourth-order valence-corrected chi connectivity index (χ4v) is 2.60. The number of nitrogens with one attached hydrogen (secondary N) is 1. The zero-order valence-corrected chi connectivity index (χ0v) is 14.7. The van der Waals surface area contributed by atoms with Crippen LogP contribution in [0.4, 0.5) is 15.9 Å². The Bertz CT molecular complexity index is 979. The fourth-order valence-electron chi connectivity index (χ4n) is 2.60. The van der Waals surface area contributed by atoms with Crippen molar-refractivity contribution >= 4 is 17.4 Å². The number of aryl methyl sites for hydroxylation is 1. The van der Waals surface area contributed by atoms with E-state index in [1.165, 1.54) is 29.1 Å². The smallest absolute Gasteiger partial charge is 0.358 e. The van der Waals surface area contributed by atoms with Crippen LogP contribution in [0.25, 0.3) is 0 Å². The lowest BCUT2D eigenvalue weighted by molar-refractivity contribution is -0.389. The molecule has 9 nitrogen and oxygen atoms in total. The van der Waals surface area contributed by atoms with Crippen molar-refractivity contribution in [3.8, 4) is 0 Å². The molecule has 27 heavy (non-hydrogen) atoms. The molecular formula is C17H17FN6O3. The molecule has 0 spiro atoms. The number of rotatable bonds is 6. The standard InChI is InChI=1S/C17H17FN6O3/c1-11-7-16(24(26)27)21-23(11)12(2)17(25)20-15-8-19-22(10-15)9-13-3-5-14(18)6-4-13/h3-8,10,12H,9H2,1-2H3,(H,20,25). The largest absolute Gasteiger partial charge is 0.390 e. The molecule has 0 saturated heterocycles. The van der Waals surface area contributed by atoms with Crippen LogP contribution < -0.4 is 5.32 Å². The normalized spacial score (nSPS) is 12.0. The summed E-state index contributed by atoms with van der Waals surface area (Å²) in [6.07, 6.45) is 3.14. The van der Waals surface area contributed by atoms with Crippen LogP contribution in [-0.4, -0.2) is 30.4 Å². The third kappa shape index (κ3) is 4.17. The summed E-state index contributed by atoms with van der Waals surface area (Å²) >= 11 is 0. The van der Waals surface area contributed by atoms with Crippen LogP contribution in [0.5, 0.6) is 0 Å². The highest BCUT2D eigenvalue weighted by Crippen LogP contribution is 2.18. The summed E-state index contributed by atoms with van der Waals surface area (Å²) < 4.78 is 15.9. The summed E-state index contributed by atoms with van der Waals surface area (Å²) in [4.78, 5) is 22.6. The SMILES string of the molecule is Cc1cc([N+](=O)[O-])nn1C(C)C(=O)Nc1cnn(Cc2ccc(F)cc2)c1. The quantitative estimate of drug-likeness (QED) is 0.529. The molecule has 10 heteroatoms. The van der Waals surface area contributed by atoms with Crippen LogP contribution in [0.1, 0.15) is 24.2 Å². The summed E-state index contributed by atoms with van der Waals surface area (Å²) in [5.74, 6) is -0.994. The van der Waals surface area contributed by atoms with E-state index in [2.05, 4.69) is 15.5 Å². The molecule has 1 atom stereocenters. The van der Waals surface area contributed by atoms with Crippen LogP contribution >= 0.6 is 0 Å². The number of aromatic nitrogens is 4. The molecule has 0 saturated carbocycles. The summed E-state index contributed by atoms with van der Waals surface area (Å²) in [6, 6.07) is 6.63. The third-order valence-electron chi connectivity index (χ3n) is 4.00. The average Bonchev–Trinajstić information content (AvgIpc) is 3.23. The van der Waals surface area contributed by atoms with E-state index in [-0.39, 0.29) is 17.5 Å². The number of benzene rings is 1. The molecule has 0 radical (unpaired) electrons. The summed E-state index contributed by atoms with van der Waals surface area (Å²) in [7, 11) is 0. The van der Waals surface area contributed by atoms with Crippen LogP contribution in [0, 0.1) is 22.9 Å². The molecular weight excluding hydrogens is 355 g/mol. The predicted molar refractivity (Wildman–Crippen MR) is 94.7 cm³/mol. The van der Waals surface area contributed by atoms with Gasteiger partial charge < -0.3 is 15.4 Å². The maximum atomic E-state index is 12.9. The molecule has 2 aromatic heterocycles. The highest BCUT2D eigenvalue weighted by molar-refractivity contribution is 5.93. The summed E-state index contributed by atoms with van der Waals surface area (Å²) in [5.41, 5.74) is 1.86. The maximum Gasteiger partial charge on any atom is 0.390 e. The Morgan fingerprint density at radius 3 is 2.70 bits per heavy atom. The third-order valence-corrected chi connectivity index (χ3v) is 4.00. The van der Waals surface area contributed by atoms with E-state index in [0.29, 0.717) is 17.9 Å². The van der Waals surface area contributed by atoms with Gasteiger partial charge in [0.05, 0.1) is 35.3 Å². The van der Waals surface area contributed by atoms with Gasteiger partial charge in [0.25, 0.3) is 5.91 Å². The van der Waals surface area contributed by atoms with Crippen LogP contribution in [0.2, 0.25) is 0 Å². The Hall–Kier alpha value is -3.56. The number of halogens is 1. The molecule has 2 heterocycles. The van der Waals surface area contributed by atoms with Gasteiger partial charge in [-0.1, -0.05) is 12.1 Å². The fraction of sp³-hybridized carbons (Fsp3) is 0.235. The Morgan fingerprint density at radius 1 is 1.37 bits per heavy atom. The van der Waals surface area contributed by atoms with Crippen molar-refractivity contribution in [1.82, 2.24) is 19.6 Å². The number of nitrogens with zero attached hydrogens (tertiary/aromatic N) is 5. The molecule has 0 aliphatic rings. The highest BCUT2D eigenvalue weighted by Gasteiger charge is 2.24. The van der Waals surface area contributed by atoms with Crippen molar-refractivity contribution < 1.29 is 14.1 Å². The van der Waals surface area contributed by atoms with Crippen molar-refractivity contribution in [2.45, 2.75) is 26.4 Å². The van der Waals surface area contributed by atoms with Crippen LogP contribution in [0.3, 0.4) is 0 Å². The number of nitro groups is 1. The molecule has 140 valence electrons. The number of carbonyl (C=O) groups excluding carboxylic acids is 1. The van der Waals surface area contributed by atoms with Gasteiger partial charge in [0.1, 0.15) is 11.9 Å². The van der Waals surface area contributed by atoms with E-state index in [1.807, 2.05) is 0 Å². The van der Waals surface area contributed by atoms with E-state index in [1.54, 1.807) is 36.9 Å². The summed E-state index contributed by atoms with van der Waals surface area (Å²) in [6.45, 7) is 3.67. The predicted octanol–water partition coefficient (Wildman–Crippen LogP) is 2.68. The first kappa shape index (κ1) is 18.2. The zero-order chi connectivity index (χ0) is 19.6. The molecule has 3 aromatic rings. The Balaban J connectivity index is 1.66. The number of amides is 1. The lowest BCUT2D eigenvalue weighted by Crippen LogP contribution is -2.25. The molecule has 1 N–H and O–H groups in total. The minimum atomic E-state index is -0.737. The van der Waals surface area contributed by atoms with Crippen molar-refractivity contribution in [2.24, 2.45) is 0 Å². The minimum absolute atomic E-state index is 0.306. The molecule has 1 amide bonds. The molecule has 0 fully saturated rings. The van der Waals surface area contributed by atoms with Crippen LogP contribution in [0.15, 0.2) is 42.7 Å². The van der Waals surface area contributed by atoms with Gasteiger partial charge in [-0.15, -0.1) is 0 Å². The second kappa shape index (κ2) is 7.36. The van der Waals surface area contributed by atoms with Crippen molar-refractivity contribution in [2.75, 3.05) is 5.32 Å². The van der Waals surface area contributed by atoms with Gasteiger partial charge in [0.15, 0.2) is 0 Å². The Morgan fingerprint density at radius 2 is 2.07 bits per heavy atom. The monoisotopic (exact) mass is 372 g/mol. The molecule has 3 rings (SSSR count). The second-order valence-electron chi connectivity index (χ2n) is 6.06. The lowest BCUT2D eigenvalue weighted by atomic mass is 10.2. The van der Waals surface area contributed by atoms with E-state index in [9.17, 15) is 19.3 Å². The van der Waals surface area contributed by atoms with E-state index >= 15 is 0 Å². The number of hydrogen-bond acceptors (Lipinski definition) is 5. The van der Waals surface area contributed by atoms with E-state index in [4.69, 9.17) is 0 Å². The van der Waals surface area contributed by atoms with Gasteiger partial charge >= 0.3 is 5.82 Å². The average molecular weight is 372 g/mol. The first-order valence-electron chi connectivity index (χ1n) is 8.12. The lowest BCUT2D eigenvalue weighted by Gasteiger charge is -2.10. The van der Waals surface area contributed by atoms with Crippen molar-refractivity contribution in [1.29, 1.82) is 0 Å². The van der Waals surface area contributed by atoms with Gasteiger partial charge in [-0.3, -0.25) is 9.48 Å². The van der Waals surface area contributed by atoms with Crippen molar-refractivity contribution in [3.05, 3.63) is 69.9 Å². The van der Waals surface area contributed by atoms with Gasteiger partial charge in [-0.25, -0.2) is 4.39 Å². The number of anilines is 1. The van der Waals surface area contributed by atoms with Gasteiger partial charge in [-0.05, 0) is 36.5 Å². The first-order chi connectivity index (χ1) is 12.8. The molecule has 1 aromatic carbocycles. The molecule has 1 unspecified atom stereocenters. The Kier molecular flexibility index (Phi) is 4.97. The minimum Gasteiger partial charge on any atom is -0.358 e.